The fraction of sp³-hybridized carbons (Fsp3) is 0.455. The van der Waals surface area contributed by atoms with Crippen molar-refractivity contribution >= 4 is 23.2 Å². The summed E-state index contributed by atoms with van der Waals surface area (Å²) in [4.78, 5) is 2.16. The third-order valence-corrected chi connectivity index (χ3v) is 2.34. The molecule has 14 heavy (non-hydrogen) atoms. The molecule has 0 aromatic heterocycles. The average Bonchev–Trinajstić information content (AvgIpc) is 2.01. The van der Waals surface area contributed by atoms with Crippen LogP contribution < -0.4 is 0 Å². The first kappa shape index (κ1) is 11.8. The van der Waals surface area contributed by atoms with Crippen LogP contribution in [0.5, 0.6) is 0 Å². The number of rotatable bonds is 4. The van der Waals surface area contributed by atoms with Crippen molar-refractivity contribution in [2.75, 3.05) is 20.6 Å². The Morgan fingerprint density at radius 3 is 2.29 bits per heavy atom. The number of halogens is 2. The molecule has 0 saturated carbocycles. The molecular weight excluding hydrogens is 217 g/mol. The van der Waals surface area contributed by atoms with E-state index in [1.54, 1.807) is 0 Å². The van der Waals surface area contributed by atoms with E-state index in [0.29, 0.717) is 10.0 Å². The Kier molecular flexibility index (Phi) is 4.73. The summed E-state index contributed by atoms with van der Waals surface area (Å²) in [5.74, 6) is 0. The van der Waals surface area contributed by atoms with Crippen LogP contribution in [0.1, 0.15) is 12.0 Å². The van der Waals surface area contributed by atoms with Gasteiger partial charge < -0.3 is 4.90 Å². The zero-order valence-corrected chi connectivity index (χ0v) is 9.99. The van der Waals surface area contributed by atoms with E-state index in [9.17, 15) is 0 Å². The molecule has 0 aliphatic rings. The van der Waals surface area contributed by atoms with Gasteiger partial charge in [-0.25, -0.2) is 0 Å². The molecule has 1 rings (SSSR count). The van der Waals surface area contributed by atoms with Crippen LogP contribution in [-0.4, -0.2) is 25.5 Å². The minimum absolute atomic E-state index is 0.595. The number of benzene rings is 1. The number of nitrogens with zero attached hydrogens (tertiary/aromatic N) is 1. The van der Waals surface area contributed by atoms with E-state index in [1.165, 1.54) is 5.56 Å². The van der Waals surface area contributed by atoms with Gasteiger partial charge in [-0.3, -0.25) is 0 Å². The summed E-state index contributed by atoms with van der Waals surface area (Å²) in [6.07, 6.45) is 2.12. The van der Waals surface area contributed by atoms with Gasteiger partial charge in [0.2, 0.25) is 0 Å². The molecule has 0 aliphatic heterocycles. The summed E-state index contributed by atoms with van der Waals surface area (Å²) in [6, 6.07) is 6.67. The molecule has 3 heteroatoms. The molecular formula is C11H14Cl2N. The van der Waals surface area contributed by atoms with Gasteiger partial charge in [0.15, 0.2) is 0 Å². The van der Waals surface area contributed by atoms with Crippen LogP contribution in [0.3, 0.4) is 0 Å². The Morgan fingerprint density at radius 2 is 1.79 bits per heavy atom. The predicted molar refractivity (Wildman–Crippen MR) is 62.2 cm³/mol. The summed E-state index contributed by atoms with van der Waals surface area (Å²) in [5.41, 5.74) is 1.18. The second-order valence-electron chi connectivity index (χ2n) is 3.59. The Bertz CT molecular complexity index is 277. The third kappa shape index (κ3) is 4.32. The normalized spacial score (nSPS) is 10.9. The van der Waals surface area contributed by atoms with Crippen molar-refractivity contribution in [3.05, 3.63) is 33.8 Å². The highest BCUT2D eigenvalue weighted by Gasteiger charge is 1.99. The number of hydrogen-bond acceptors (Lipinski definition) is 1. The SMILES string of the molecule is CN(C)CCCc1cc(Cl)[c]c(Cl)c1. The molecule has 0 heterocycles. The Morgan fingerprint density at radius 1 is 1.21 bits per heavy atom. The predicted octanol–water partition coefficient (Wildman–Crippen LogP) is 3.29. The van der Waals surface area contributed by atoms with Crippen molar-refractivity contribution in [1.29, 1.82) is 0 Å². The summed E-state index contributed by atoms with van der Waals surface area (Å²) in [5, 5.41) is 1.19. The quantitative estimate of drug-likeness (QED) is 0.768. The molecule has 0 atom stereocenters. The minimum Gasteiger partial charge on any atom is -0.309 e. The fourth-order valence-corrected chi connectivity index (χ4v) is 1.83. The molecule has 0 aliphatic carbocycles. The maximum Gasteiger partial charge on any atom is 0.0503 e. The summed E-state index contributed by atoms with van der Waals surface area (Å²) < 4.78 is 0. The molecule has 0 fully saturated rings. The molecule has 0 spiro atoms. The van der Waals surface area contributed by atoms with Crippen LogP contribution in [0.25, 0.3) is 0 Å². The Balaban J connectivity index is 2.50. The minimum atomic E-state index is 0.595. The lowest BCUT2D eigenvalue weighted by molar-refractivity contribution is 0.400. The first-order valence-corrected chi connectivity index (χ1v) is 5.35. The van der Waals surface area contributed by atoms with E-state index in [0.717, 1.165) is 19.4 Å². The van der Waals surface area contributed by atoms with Gasteiger partial charge in [0.05, 0.1) is 10.0 Å². The van der Waals surface area contributed by atoms with Crippen LogP contribution in [0.4, 0.5) is 0 Å². The van der Waals surface area contributed by atoms with E-state index >= 15 is 0 Å². The summed E-state index contributed by atoms with van der Waals surface area (Å²) in [7, 11) is 4.14. The van der Waals surface area contributed by atoms with Gasteiger partial charge in [-0.1, -0.05) is 23.2 Å². The lowest BCUT2D eigenvalue weighted by Crippen LogP contribution is -2.13. The van der Waals surface area contributed by atoms with Crippen molar-refractivity contribution in [3.63, 3.8) is 0 Å². The van der Waals surface area contributed by atoms with Gasteiger partial charge in [0.25, 0.3) is 0 Å². The van der Waals surface area contributed by atoms with E-state index in [-0.39, 0.29) is 0 Å². The first-order chi connectivity index (χ1) is 6.58. The molecule has 0 unspecified atom stereocenters. The van der Waals surface area contributed by atoms with Crippen molar-refractivity contribution in [2.45, 2.75) is 12.8 Å². The van der Waals surface area contributed by atoms with E-state index in [1.807, 2.05) is 12.1 Å². The Labute approximate surface area is 95.6 Å². The first-order valence-electron chi connectivity index (χ1n) is 4.60. The molecule has 0 N–H and O–H groups in total. The lowest BCUT2D eigenvalue weighted by Gasteiger charge is -2.09. The van der Waals surface area contributed by atoms with Crippen LogP contribution in [0.15, 0.2) is 12.1 Å². The third-order valence-electron chi connectivity index (χ3n) is 1.93. The van der Waals surface area contributed by atoms with Gasteiger partial charge in [0, 0.05) is 6.07 Å². The molecule has 0 saturated heterocycles. The number of aryl methyl sites for hydroxylation is 1. The summed E-state index contributed by atoms with van der Waals surface area (Å²) >= 11 is 11.7. The van der Waals surface area contributed by atoms with Gasteiger partial charge in [-0.15, -0.1) is 0 Å². The van der Waals surface area contributed by atoms with Crippen LogP contribution in [-0.2, 0) is 6.42 Å². The Hall–Kier alpha value is -0.240. The molecule has 1 aromatic rings. The standard InChI is InChI=1S/C11H14Cl2N/c1-14(2)5-3-4-9-6-10(12)8-11(13)7-9/h6-7H,3-5H2,1-2H3. The molecule has 0 bridgehead atoms. The smallest absolute Gasteiger partial charge is 0.0503 e. The second-order valence-corrected chi connectivity index (χ2v) is 4.41. The lowest BCUT2D eigenvalue weighted by atomic mass is 10.1. The number of hydrogen-bond donors (Lipinski definition) is 0. The van der Waals surface area contributed by atoms with Gasteiger partial charge in [-0.2, -0.15) is 0 Å². The highest BCUT2D eigenvalue weighted by molar-refractivity contribution is 6.34. The maximum absolute atomic E-state index is 5.84. The zero-order valence-electron chi connectivity index (χ0n) is 8.48. The van der Waals surface area contributed by atoms with Crippen LogP contribution in [0, 0.1) is 6.07 Å². The second kappa shape index (κ2) is 5.59. The fourth-order valence-electron chi connectivity index (χ4n) is 1.30. The van der Waals surface area contributed by atoms with Crippen LogP contribution >= 0.6 is 23.2 Å². The molecule has 1 radical (unpaired) electrons. The average molecular weight is 231 g/mol. The van der Waals surface area contributed by atoms with Crippen molar-refractivity contribution < 1.29 is 0 Å². The van der Waals surface area contributed by atoms with Crippen LogP contribution in [0.2, 0.25) is 10.0 Å². The van der Waals surface area contributed by atoms with Gasteiger partial charge in [-0.05, 0) is 51.2 Å². The maximum atomic E-state index is 5.84. The van der Waals surface area contributed by atoms with Crippen molar-refractivity contribution in [2.24, 2.45) is 0 Å². The van der Waals surface area contributed by atoms with Gasteiger partial charge >= 0.3 is 0 Å². The summed E-state index contributed by atoms with van der Waals surface area (Å²) in [6.45, 7) is 1.08. The van der Waals surface area contributed by atoms with E-state index in [4.69, 9.17) is 23.2 Å². The van der Waals surface area contributed by atoms with Crippen molar-refractivity contribution in [3.8, 4) is 0 Å². The molecule has 77 valence electrons. The molecule has 0 amide bonds. The molecule has 1 aromatic carbocycles. The highest BCUT2D eigenvalue weighted by atomic mass is 35.5. The monoisotopic (exact) mass is 230 g/mol. The highest BCUT2D eigenvalue weighted by Crippen LogP contribution is 2.19. The topological polar surface area (TPSA) is 3.24 Å². The zero-order chi connectivity index (χ0) is 10.6. The van der Waals surface area contributed by atoms with E-state index in [2.05, 4.69) is 25.1 Å². The largest absolute Gasteiger partial charge is 0.309 e. The van der Waals surface area contributed by atoms with Gasteiger partial charge in [0.1, 0.15) is 0 Å². The van der Waals surface area contributed by atoms with Crippen molar-refractivity contribution in [1.82, 2.24) is 4.90 Å². The van der Waals surface area contributed by atoms with E-state index < -0.39 is 0 Å². The molecule has 1 nitrogen and oxygen atoms in total.